The van der Waals surface area contributed by atoms with Gasteiger partial charge in [-0.2, -0.15) is 4.98 Å². The van der Waals surface area contributed by atoms with Crippen LogP contribution in [0.4, 0.5) is 10.2 Å². The molecular formula is C21H24FN5O3. The van der Waals surface area contributed by atoms with Gasteiger partial charge in [0.15, 0.2) is 0 Å². The summed E-state index contributed by atoms with van der Waals surface area (Å²) >= 11 is 0. The van der Waals surface area contributed by atoms with E-state index in [4.69, 9.17) is 9.26 Å². The Kier molecular flexibility index (Phi) is 6.18. The second-order valence-corrected chi connectivity index (χ2v) is 7.32. The van der Waals surface area contributed by atoms with Crippen LogP contribution in [-0.4, -0.2) is 54.4 Å². The number of nitrogens with one attached hydrogen (secondary N) is 1. The number of amides is 1. The number of halogens is 1. The average Bonchev–Trinajstić information content (AvgIpc) is 3.21. The van der Waals surface area contributed by atoms with E-state index in [2.05, 4.69) is 25.3 Å². The minimum absolute atomic E-state index is 0.0220. The molecule has 1 N–H and O–H groups in total. The van der Waals surface area contributed by atoms with Crippen molar-refractivity contribution in [3.05, 3.63) is 36.4 Å². The third kappa shape index (κ3) is 4.25. The minimum Gasteiger partial charge on any atom is -0.385 e. The van der Waals surface area contributed by atoms with Crippen molar-refractivity contribution < 1.29 is 18.4 Å². The Balaban J connectivity index is 1.50. The monoisotopic (exact) mass is 413 g/mol. The smallest absolute Gasteiger partial charge is 0.263 e. The van der Waals surface area contributed by atoms with Gasteiger partial charge in [-0.05, 0) is 31.4 Å². The predicted molar refractivity (Wildman–Crippen MR) is 109 cm³/mol. The number of benzene rings is 1. The molecule has 0 aliphatic carbocycles. The highest BCUT2D eigenvalue weighted by atomic mass is 19.1. The van der Waals surface area contributed by atoms with Crippen LogP contribution in [0.15, 0.2) is 35.1 Å². The SMILES string of the molecule is COCCCNC(=O)C1CCN(c2ncnc3onc(-c4cccc(F)c4)c23)CC1. The fraction of sp³-hybridized carbons (Fsp3) is 0.429. The summed E-state index contributed by atoms with van der Waals surface area (Å²) < 4.78 is 24.1. The lowest BCUT2D eigenvalue weighted by atomic mass is 9.95. The molecule has 0 bridgehead atoms. The fourth-order valence-electron chi connectivity index (χ4n) is 3.77. The zero-order valence-corrected chi connectivity index (χ0v) is 16.8. The molecule has 0 unspecified atom stereocenters. The van der Waals surface area contributed by atoms with Gasteiger partial charge in [0.1, 0.15) is 29.0 Å². The number of carbonyl (C=O) groups is 1. The summed E-state index contributed by atoms with van der Waals surface area (Å²) in [5, 5.41) is 7.75. The molecule has 3 aromatic rings. The summed E-state index contributed by atoms with van der Waals surface area (Å²) in [4.78, 5) is 23.1. The van der Waals surface area contributed by atoms with Gasteiger partial charge in [-0.25, -0.2) is 9.37 Å². The zero-order chi connectivity index (χ0) is 20.9. The van der Waals surface area contributed by atoms with Gasteiger partial charge in [0, 0.05) is 44.8 Å². The quantitative estimate of drug-likeness (QED) is 0.595. The highest BCUT2D eigenvalue weighted by Crippen LogP contribution is 2.34. The molecule has 1 aliphatic heterocycles. The number of aromatic nitrogens is 3. The number of fused-ring (bicyclic) bond motifs is 1. The van der Waals surface area contributed by atoms with Gasteiger partial charge in [0.05, 0.1) is 0 Å². The van der Waals surface area contributed by atoms with Crippen molar-refractivity contribution in [2.45, 2.75) is 19.3 Å². The third-order valence-electron chi connectivity index (χ3n) is 5.34. The molecule has 158 valence electrons. The molecule has 1 saturated heterocycles. The predicted octanol–water partition coefficient (Wildman–Crippen LogP) is 2.79. The first-order chi connectivity index (χ1) is 14.7. The number of hydrogen-bond donors (Lipinski definition) is 1. The van der Waals surface area contributed by atoms with Crippen LogP contribution >= 0.6 is 0 Å². The highest BCUT2D eigenvalue weighted by molar-refractivity contribution is 5.98. The molecule has 1 aromatic carbocycles. The molecule has 1 amide bonds. The summed E-state index contributed by atoms with van der Waals surface area (Å²) in [5.41, 5.74) is 1.48. The van der Waals surface area contributed by atoms with E-state index in [0.29, 0.717) is 54.4 Å². The maximum Gasteiger partial charge on any atom is 0.263 e. The number of rotatable bonds is 7. The zero-order valence-electron chi connectivity index (χ0n) is 16.8. The first-order valence-electron chi connectivity index (χ1n) is 10.1. The number of carbonyl (C=O) groups excluding carboxylic acids is 1. The summed E-state index contributed by atoms with van der Waals surface area (Å²) in [5.74, 6) is 0.411. The van der Waals surface area contributed by atoms with Crippen LogP contribution in [0.25, 0.3) is 22.4 Å². The van der Waals surface area contributed by atoms with E-state index in [9.17, 15) is 9.18 Å². The van der Waals surface area contributed by atoms with E-state index >= 15 is 0 Å². The molecule has 2 aromatic heterocycles. The minimum atomic E-state index is -0.348. The molecule has 8 nitrogen and oxygen atoms in total. The number of ether oxygens (including phenoxy) is 1. The van der Waals surface area contributed by atoms with Crippen LogP contribution in [0, 0.1) is 11.7 Å². The topological polar surface area (TPSA) is 93.4 Å². The second kappa shape index (κ2) is 9.17. The van der Waals surface area contributed by atoms with E-state index in [1.807, 2.05) is 0 Å². The van der Waals surface area contributed by atoms with Crippen molar-refractivity contribution in [1.29, 1.82) is 0 Å². The van der Waals surface area contributed by atoms with Crippen molar-refractivity contribution in [3.8, 4) is 11.3 Å². The lowest BCUT2D eigenvalue weighted by Gasteiger charge is -2.32. The number of anilines is 1. The van der Waals surface area contributed by atoms with Gasteiger partial charge in [0.25, 0.3) is 5.71 Å². The van der Waals surface area contributed by atoms with E-state index in [-0.39, 0.29) is 17.6 Å². The molecule has 9 heteroatoms. The third-order valence-corrected chi connectivity index (χ3v) is 5.34. The van der Waals surface area contributed by atoms with Crippen LogP contribution in [0.5, 0.6) is 0 Å². The average molecular weight is 413 g/mol. The van der Waals surface area contributed by atoms with Crippen LogP contribution in [0.3, 0.4) is 0 Å². The largest absolute Gasteiger partial charge is 0.385 e. The van der Waals surface area contributed by atoms with Gasteiger partial charge >= 0.3 is 0 Å². The van der Waals surface area contributed by atoms with Gasteiger partial charge in [-0.3, -0.25) is 4.79 Å². The summed E-state index contributed by atoms with van der Waals surface area (Å²) in [6.45, 7) is 2.61. The van der Waals surface area contributed by atoms with Crippen LogP contribution in [-0.2, 0) is 9.53 Å². The Hall–Kier alpha value is -3.07. The molecule has 1 aliphatic rings. The van der Waals surface area contributed by atoms with Crippen molar-refractivity contribution in [2.75, 3.05) is 38.3 Å². The van der Waals surface area contributed by atoms with Crippen molar-refractivity contribution >= 4 is 22.8 Å². The number of nitrogens with zero attached hydrogens (tertiary/aromatic N) is 4. The van der Waals surface area contributed by atoms with Gasteiger partial charge in [0.2, 0.25) is 5.91 Å². The standard InChI is InChI=1S/C21H24FN5O3/c1-29-11-3-8-23-20(28)14-6-9-27(10-7-14)19-17-18(15-4-2-5-16(22)12-15)26-30-21(17)25-13-24-19/h2,4-5,12-14H,3,6-11H2,1H3,(H,23,28). The number of methoxy groups -OCH3 is 1. The van der Waals surface area contributed by atoms with Crippen LogP contribution in [0.2, 0.25) is 0 Å². The normalized spacial score (nSPS) is 14.9. The van der Waals surface area contributed by atoms with Crippen LogP contribution < -0.4 is 10.2 Å². The lowest BCUT2D eigenvalue weighted by molar-refractivity contribution is -0.125. The maximum atomic E-state index is 13.7. The van der Waals surface area contributed by atoms with E-state index in [1.54, 1.807) is 19.2 Å². The lowest BCUT2D eigenvalue weighted by Crippen LogP contribution is -2.41. The van der Waals surface area contributed by atoms with Crippen molar-refractivity contribution in [1.82, 2.24) is 20.4 Å². The molecule has 0 spiro atoms. The van der Waals surface area contributed by atoms with Crippen molar-refractivity contribution in [3.63, 3.8) is 0 Å². The maximum absolute atomic E-state index is 13.7. The molecule has 1 fully saturated rings. The Labute approximate surface area is 173 Å². The fourth-order valence-corrected chi connectivity index (χ4v) is 3.77. The Bertz CT molecular complexity index is 1020. The summed E-state index contributed by atoms with van der Waals surface area (Å²) in [6.07, 6.45) is 3.69. The van der Waals surface area contributed by atoms with Gasteiger partial charge < -0.3 is 19.5 Å². The van der Waals surface area contributed by atoms with Crippen LogP contribution in [0.1, 0.15) is 19.3 Å². The summed E-state index contributed by atoms with van der Waals surface area (Å²) in [7, 11) is 1.65. The van der Waals surface area contributed by atoms with Gasteiger partial charge in [-0.1, -0.05) is 17.3 Å². The number of hydrogen-bond acceptors (Lipinski definition) is 7. The van der Waals surface area contributed by atoms with E-state index in [0.717, 1.165) is 19.3 Å². The molecule has 0 radical (unpaired) electrons. The molecule has 0 saturated carbocycles. The molecule has 0 atom stereocenters. The van der Waals surface area contributed by atoms with E-state index < -0.39 is 0 Å². The Morgan fingerprint density at radius 1 is 1.33 bits per heavy atom. The highest BCUT2D eigenvalue weighted by Gasteiger charge is 2.28. The Morgan fingerprint density at radius 2 is 2.17 bits per heavy atom. The Morgan fingerprint density at radius 3 is 2.93 bits per heavy atom. The molecular weight excluding hydrogens is 389 g/mol. The molecule has 30 heavy (non-hydrogen) atoms. The van der Waals surface area contributed by atoms with Crippen molar-refractivity contribution in [2.24, 2.45) is 5.92 Å². The molecule has 4 rings (SSSR count). The first kappa shape index (κ1) is 20.2. The second-order valence-electron chi connectivity index (χ2n) is 7.32. The molecule has 3 heterocycles. The first-order valence-corrected chi connectivity index (χ1v) is 10.1. The summed E-state index contributed by atoms with van der Waals surface area (Å²) in [6, 6.07) is 6.20. The van der Waals surface area contributed by atoms with E-state index in [1.165, 1.54) is 18.5 Å². The van der Waals surface area contributed by atoms with Gasteiger partial charge in [-0.15, -0.1) is 0 Å². The number of piperidine rings is 1.